The van der Waals surface area contributed by atoms with E-state index in [0.29, 0.717) is 22.2 Å². The van der Waals surface area contributed by atoms with Gasteiger partial charge in [-0.15, -0.1) is 0 Å². The van der Waals surface area contributed by atoms with Gasteiger partial charge in [-0.1, -0.05) is 42.8 Å². The minimum absolute atomic E-state index is 0.0402. The number of hydrogen-bond donors (Lipinski definition) is 1. The molecule has 0 saturated heterocycles. The van der Waals surface area contributed by atoms with Crippen molar-refractivity contribution in [3.05, 3.63) is 82.6 Å². The van der Waals surface area contributed by atoms with Gasteiger partial charge in [0.25, 0.3) is 5.91 Å². The van der Waals surface area contributed by atoms with E-state index in [4.69, 9.17) is 16.0 Å². The van der Waals surface area contributed by atoms with Crippen molar-refractivity contribution in [2.24, 2.45) is 0 Å². The monoisotopic (exact) mass is 376 g/mol. The zero-order valence-electron chi connectivity index (χ0n) is 14.7. The average Bonchev–Trinajstić information content (AvgIpc) is 3.15. The summed E-state index contributed by atoms with van der Waals surface area (Å²) in [7, 11) is 0. The topological polar surface area (TPSA) is 66.0 Å². The number of carbonyl (C=O) groups excluding carboxylic acids is 1. The zero-order chi connectivity index (χ0) is 19.2. The van der Waals surface area contributed by atoms with Gasteiger partial charge in [0.1, 0.15) is 23.2 Å². The fraction of sp³-hybridized carbons (Fsp3) is 0.0909. The maximum absolute atomic E-state index is 12.4. The molecule has 0 spiro atoms. The molecule has 0 saturated carbocycles. The van der Waals surface area contributed by atoms with E-state index in [2.05, 4.69) is 12.2 Å². The number of halogens is 1. The molecule has 1 aromatic heterocycles. The van der Waals surface area contributed by atoms with Gasteiger partial charge in [0.2, 0.25) is 0 Å². The summed E-state index contributed by atoms with van der Waals surface area (Å²) < 4.78 is 5.72. The first-order valence-electron chi connectivity index (χ1n) is 8.47. The van der Waals surface area contributed by atoms with Crippen LogP contribution in [0.2, 0.25) is 5.02 Å². The second kappa shape index (κ2) is 8.39. The maximum Gasteiger partial charge on any atom is 0.266 e. The van der Waals surface area contributed by atoms with E-state index >= 15 is 0 Å². The Morgan fingerprint density at radius 2 is 1.96 bits per heavy atom. The molecule has 3 aromatic rings. The molecule has 4 nitrogen and oxygen atoms in total. The lowest BCUT2D eigenvalue weighted by molar-refractivity contribution is -0.112. The van der Waals surface area contributed by atoms with Gasteiger partial charge in [-0.3, -0.25) is 4.79 Å². The van der Waals surface area contributed by atoms with Gasteiger partial charge in [-0.2, -0.15) is 5.26 Å². The number of nitriles is 1. The first kappa shape index (κ1) is 18.5. The maximum atomic E-state index is 12.4. The number of hydrogen-bond acceptors (Lipinski definition) is 3. The van der Waals surface area contributed by atoms with E-state index in [1.54, 1.807) is 24.3 Å². The standard InChI is InChI=1S/C22H17ClN2O2/c1-2-15-6-8-19(9-7-15)25-22(26)17(14-24)13-20-10-11-21(27-20)16-4-3-5-18(23)12-16/h3-13H,2H2,1H3,(H,25,26)/b17-13+. The highest BCUT2D eigenvalue weighted by atomic mass is 35.5. The van der Waals surface area contributed by atoms with Gasteiger partial charge in [0, 0.05) is 22.3 Å². The number of nitrogens with zero attached hydrogens (tertiary/aromatic N) is 1. The third-order valence-corrected chi connectivity index (χ3v) is 4.24. The van der Waals surface area contributed by atoms with Crippen molar-refractivity contribution in [1.82, 2.24) is 0 Å². The quantitative estimate of drug-likeness (QED) is 0.458. The number of benzene rings is 2. The summed E-state index contributed by atoms with van der Waals surface area (Å²) in [5, 5.41) is 12.7. The van der Waals surface area contributed by atoms with Gasteiger partial charge in [-0.05, 0) is 48.4 Å². The van der Waals surface area contributed by atoms with Crippen LogP contribution in [0.3, 0.4) is 0 Å². The summed E-state index contributed by atoms with van der Waals surface area (Å²) >= 11 is 6.00. The van der Waals surface area contributed by atoms with Gasteiger partial charge in [0.15, 0.2) is 0 Å². The highest BCUT2D eigenvalue weighted by Crippen LogP contribution is 2.25. The minimum atomic E-state index is -0.484. The Balaban J connectivity index is 1.77. The van der Waals surface area contributed by atoms with E-state index in [0.717, 1.165) is 12.0 Å². The molecular formula is C22H17ClN2O2. The van der Waals surface area contributed by atoms with Crippen molar-refractivity contribution in [2.75, 3.05) is 5.32 Å². The second-order valence-corrected chi connectivity index (χ2v) is 6.32. The Kier molecular flexibility index (Phi) is 5.75. The Hall–Kier alpha value is -3.29. The van der Waals surface area contributed by atoms with Crippen LogP contribution in [0.4, 0.5) is 5.69 Å². The molecule has 0 radical (unpaired) electrons. The van der Waals surface area contributed by atoms with Crippen molar-refractivity contribution >= 4 is 29.3 Å². The summed E-state index contributed by atoms with van der Waals surface area (Å²) in [6, 6.07) is 20.2. The molecule has 0 aliphatic heterocycles. The zero-order valence-corrected chi connectivity index (χ0v) is 15.5. The Labute approximate surface area is 162 Å². The van der Waals surface area contributed by atoms with Crippen LogP contribution in [0.5, 0.6) is 0 Å². The lowest BCUT2D eigenvalue weighted by Crippen LogP contribution is -2.13. The molecule has 1 heterocycles. The number of anilines is 1. The SMILES string of the molecule is CCc1ccc(NC(=O)/C(C#N)=C/c2ccc(-c3cccc(Cl)c3)o2)cc1. The molecule has 3 rings (SSSR count). The van der Waals surface area contributed by atoms with Crippen molar-refractivity contribution in [3.63, 3.8) is 0 Å². The lowest BCUT2D eigenvalue weighted by Gasteiger charge is -2.05. The van der Waals surface area contributed by atoms with Crippen LogP contribution in [-0.4, -0.2) is 5.91 Å². The summed E-state index contributed by atoms with van der Waals surface area (Å²) in [5.74, 6) is 0.539. The van der Waals surface area contributed by atoms with Crippen LogP contribution < -0.4 is 5.32 Å². The average molecular weight is 377 g/mol. The van der Waals surface area contributed by atoms with Gasteiger partial charge < -0.3 is 9.73 Å². The van der Waals surface area contributed by atoms with E-state index in [9.17, 15) is 10.1 Å². The molecule has 2 aromatic carbocycles. The Bertz CT molecular complexity index is 1030. The first-order valence-corrected chi connectivity index (χ1v) is 8.84. The first-order chi connectivity index (χ1) is 13.1. The Morgan fingerprint density at radius 1 is 1.19 bits per heavy atom. The largest absolute Gasteiger partial charge is 0.457 e. The fourth-order valence-corrected chi connectivity index (χ4v) is 2.73. The van der Waals surface area contributed by atoms with Crippen molar-refractivity contribution < 1.29 is 9.21 Å². The molecule has 5 heteroatoms. The third kappa shape index (κ3) is 4.66. The molecule has 0 fully saturated rings. The van der Waals surface area contributed by atoms with Crippen LogP contribution in [-0.2, 0) is 11.2 Å². The second-order valence-electron chi connectivity index (χ2n) is 5.89. The van der Waals surface area contributed by atoms with Crippen LogP contribution in [0.1, 0.15) is 18.2 Å². The third-order valence-electron chi connectivity index (χ3n) is 4.01. The summed E-state index contributed by atoms with van der Waals surface area (Å²) in [6.45, 7) is 2.06. The molecule has 0 bridgehead atoms. The molecule has 1 N–H and O–H groups in total. The molecule has 134 valence electrons. The predicted molar refractivity (Wildman–Crippen MR) is 107 cm³/mol. The van der Waals surface area contributed by atoms with E-state index < -0.39 is 5.91 Å². The van der Waals surface area contributed by atoms with Crippen LogP contribution >= 0.6 is 11.6 Å². The highest BCUT2D eigenvalue weighted by molar-refractivity contribution is 6.30. The molecular weight excluding hydrogens is 360 g/mol. The van der Waals surface area contributed by atoms with Gasteiger partial charge in [0.05, 0.1) is 0 Å². The molecule has 0 atom stereocenters. The number of aryl methyl sites for hydroxylation is 1. The Morgan fingerprint density at radius 3 is 2.63 bits per heavy atom. The lowest BCUT2D eigenvalue weighted by atomic mass is 10.1. The number of amides is 1. The van der Waals surface area contributed by atoms with Crippen LogP contribution in [0, 0.1) is 11.3 Å². The predicted octanol–water partition coefficient (Wildman–Crippen LogP) is 5.71. The summed E-state index contributed by atoms with van der Waals surface area (Å²) in [6.07, 6.45) is 2.34. The van der Waals surface area contributed by atoms with E-state index in [1.165, 1.54) is 11.6 Å². The van der Waals surface area contributed by atoms with E-state index in [-0.39, 0.29) is 5.57 Å². The van der Waals surface area contributed by atoms with Crippen LogP contribution in [0.25, 0.3) is 17.4 Å². The normalized spacial score (nSPS) is 11.1. The summed E-state index contributed by atoms with van der Waals surface area (Å²) in [5.41, 5.74) is 2.59. The van der Waals surface area contributed by atoms with Crippen molar-refractivity contribution in [2.45, 2.75) is 13.3 Å². The van der Waals surface area contributed by atoms with Crippen LogP contribution in [0.15, 0.2) is 70.7 Å². The van der Waals surface area contributed by atoms with Gasteiger partial charge >= 0.3 is 0 Å². The number of nitrogens with one attached hydrogen (secondary N) is 1. The number of rotatable bonds is 5. The molecule has 27 heavy (non-hydrogen) atoms. The van der Waals surface area contributed by atoms with Crippen molar-refractivity contribution in [1.29, 1.82) is 5.26 Å². The van der Waals surface area contributed by atoms with E-state index in [1.807, 2.05) is 42.5 Å². The summed E-state index contributed by atoms with van der Waals surface area (Å²) in [4.78, 5) is 12.4. The fourth-order valence-electron chi connectivity index (χ4n) is 2.54. The number of carbonyl (C=O) groups is 1. The minimum Gasteiger partial charge on any atom is -0.457 e. The highest BCUT2D eigenvalue weighted by Gasteiger charge is 2.11. The molecule has 0 unspecified atom stereocenters. The number of furan rings is 1. The molecule has 0 aliphatic carbocycles. The van der Waals surface area contributed by atoms with Crippen molar-refractivity contribution in [3.8, 4) is 17.4 Å². The van der Waals surface area contributed by atoms with Gasteiger partial charge in [-0.25, -0.2) is 0 Å². The smallest absolute Gasteiger partial charge is 0.266 e. The molecule has 1 amide bonds. The molecule has 0 aliphatic rings.